The number of rotatable bonds is 3. The maximum atomic E-state index is 11.7. The Labute approximate surface area is 135 Å². The number of amidine groups is 1. The van der Waals surface area contributed by atoms with Crippen molar-refractivity contribution in [1.82, 2.24) is 15.3 Å². The summed E-state index contributed by atoms with van der Waals surface area (Å²) in [5, 5.41) is 3.31. The fourth-order valence-corrected chi connectivity index (χ4v) is 2.94. The number of nitrogens with one attached hydrogen (secondary N) is 1. The van der Waals surface area contributed by atoms with E-state index < -0.39 is 9.84 Å². The van der Waals surface area contributed by atoms with Crippen molar-refractivity contribution in [1.29, 1.82) is 0 Å². The zero-order valence-corrected chi connectivity index (χ0v) is 14.0. The normalized spacial score (nSPS) is 20.9. The molecule has 0 radical (unpaired) electrons. The lowest BCUT2D eigenvalue weighted by atomic mass is 10.1. The molecule has 0 saturated carbocycles. The molecule has 0 aromatic carbocycles. The van der Waals surface area contributed by atoms with Crippen LogP contribution in [0.2, 0.25) is 0 Å². The molecule has 1 aliphatic rings. The highest BCUT2D eigenvalue weighted by Crippen LogP contribution is 2.22. The Morgan fingerprint density at radius 3 is 2.57 bits per heavy atom. The topological polar surface area (TPSA) is 84.3 Å². The summed E-state index contributed by atoms with van der Waals surface area (Å²) in [6, 6.07) is 5.81. The van der Waals surface area contributed by atoms with Crippen LogP contribution >= 0.6 is 0 Å². The molecule has 0 aliphatic carbocycles. The van der Waals surface area contributed by atoms with Crippen molar-refractivity contribution in [2.24, 2.45) is 4.99 Å². The maximum absolute atomic E-state index is 11.7. The molecule has 6 nitrogen and oxygen atoms in total. The number of sulfone groups is 1. The quantitative estimate of drug-likeness (QED) is 0.925. The van der Waals surface area contributed by atoms with E-state index in [1.807, 2.05) is 19.1 Å². The van der Waals surface area contributed by atoms with Gasteiger partial charge in [0.05, 0.1) is 10.9 Å². The lowest BCUT2D eigenvalue weighted by Gasteiger charge is -2.09. The van der Waals surface area contributed by atoms with Gasteiger partial charge in [0.2, 0.25) is 0 Å². The monoisotopic (exact) mass is 330 g/mol. The second-order valence-electron chi connectivity index (χ2n) is 5.76. The number of aliphatic imine (C=N–C) groups is 1. The predicted octanol–water partition coefficient (Wildman–Crippen LogP) is 1.67. The highest BCUT2D eigenvalue weighted by molar-refractivity contribution is 7.90. The summed E-state index contributed by atoms with van der Waals surface area (Å²) in [5.74, 6) is 0.763. The average molecular weight is 330 g/mol. The largest absolute Gasteiger partial charge is 0.364 e. The Balaban J connectivity index is 2.00. The minimum Gasteiger partial charge on any atom is -0.364 e. The van der Waals surface area contributed by atoms with Gasteiger partial charge in [-0.05, 0) is 37.6 Å². The molecule has 7 heteroatoms. The van der Waals surface area contributed by atoms with Crippen LogP contribution in [0.25, 0.3) is 11.1 Å². The van der Waals surface area contributed by atoms with Gasteiger partial charge in [-0.15, -0.1) is 0 Å². The molecule has 2 atom stereocenters. The molecule has 1 N–H and O–H groups in total. The summed E-state index contributed by atoms with van der Waals surface area (Å²) >= 11 is 0. The van der Waals surface area contributed by atoms with Gasteiger partial charge in [0.1, 0.15) is 11.5 Å². The first kappa shape index (κ1) is 15.6. The zero-order chi connectivity index (χ0) is 16.6. The SMILES string of the molecule is CC1N=C(c2cc(-c3cncc(S(C)(=O)=O)c3)ccn2)NC1C. The standard InChI is InChI=1S/C16H18N4O2S/c1-10-11(2)20-16(19-10)15-7-12(4-5-18-15)13-6-14(9-17-8-13)23(3,21)22/h4-11H,1-3H3,(H,19,20). The minimum absolute atomic E-state index is 0.200. The van der Waals surface area contributed by atoms with Crippen molar-refractivity contribution in [3.05, 3.63) is 42.5 Å². The molecule has 0 fully saturated rings. The first-order valence-corrected chi connectivity index (χ1v) is 9.20. The number of aromatic nitrogens is 2. The molecule has 0 bridgehead atoms. The van der Waals surface area contributed by atoms with Crippen LogP contribution in [0.1, 0.15) is 19.5 Å². The number of pyridine rings is 2. The highest BCUT2D eigenvalue weighted by Gasteiger charge is 2.22. The van der Waals surface area contributed by atoms with Crippen LogP contribution in [0.3, 0.4) is 0 Å². The second kappa shape index (κ2) is 5.73. The Morgan fingerprint density at radius 2 is 1.91 bits per heavy atom. The third kappa shape index (κ3) is 3.24. The van der Waals surface area contributed by atoms with E-state index in [1.54, 1.807) is 18.5 Å². The van der Waals surface area contributed by atoms with Gasteiger partial charge in [0.15, 0.2) is 9.84 Å². The van der Waals surface area contributed by atoms with Crippen LogP contribution in [-0.4, -0.2) is 42.6 Å². The van der Waals surface area contributed by atoms with Crippen molar-refractivity contribution < 1.29 is 8.42 Å². The van der Waals surface area contributed by atoms with Gasteiger partial charge in [-0.1, -0.05) is 0 Å². The zero-order valence-electron chi connectivity index (χ0n) is 13.2. The molecule has 23 heavy (non-hydrogen) atoms. The van der Waals surface area contributed by atoms with Crippen LogP contribution in [0.4, 0.5) is 0 Å². The Morgan fingerprint density at radius 1 is 1.13 bits per heavy atom. The second-order valence-corrected chi connectivity index (χ2v) is 7.78. The smallest absolute Gasteiger partial charge is 0.177 e. The lowest BCUT2D eigenvalue weighted by Crippen LogP contribution is -2.31. The highest BCUT2D eigenvalue weighted by atomic mass is 32.2. The molecule has 2 aromatic rings. The summed E-state index contributed by atoms with van der Waals surface area (Å²) in [4.78, 5) is 13.2. The Kier molecular flexibility index (Phi) is 3.89. The number of nitrogens with zero attached hydrogens (tertiary/aromatic N) is 3. The average Bonchev–Trinajstić information content (AvgIpc) is 2.86. The third-order valence-electron chi connectivity index (χ3n) is 3.90. The van der Waals surface area contributed by atoms with E-state index in [4.69, 9.17) is 0 Å². The molecule has 1 aliphatic heterocycles. The van der Waals surface area contributed by atoms with Crippen molar-refractivity contribution in [2.75, 3.05) is 6.26 Å². The summed E-state index contributed by atoms with van der Waals surface area (Å²) < 4.78 is 23.4. The van der Waals surface area contributed by atoms with Gasteiger partial charge in [-0.2, -0.15) is 0 Å². The van der Waals surface area contributed by atoms with Gasteiger partial charge < -0.3 is 5.32 Å². The van der Waals surface area contributed by atoms with Crippen molar-refractivity contribution >= 4 is 15.7 Å². The molecular formula is C16H18N4O2S. The van der Waals surface area contributed by atoms with Crippen LogP contribution in [0.5, 0.6) is 0 Å². The van der Waals surface area contributed by atoms with Crippen LogP contribution in [0.15, 0.2) is 46.7 Å². The van der Waals surface area contributed by atoms with Crippen molar-refractivity contribution in [3.8, 4) is 11.1 Å². The molecular weight excluding hydrogens is 312 g/mol. The van der Waals surface area contributed by atoms with E-state index in [2.05, 4.69) is 27.2 Å². The first-order chi connectivity index (χ1) is 10.8. The third-order valence-corrected chi connectivity index (χ3v) is 4.98. The van der Waals surface area contributed by atoms with Crippen LogP contribution < -0.4 is 5.32 Å². The number of hydrogen-bond donors (Lipinski definition) is 1. The molecule has 0 amide bonds. The van der Waals surface area contributed by atoms with E-state index in [9.17, 15) is 8.42 Å². The van der Waals surface area contributed by atoms with Gasteiger partial charge >= 0.3 is 0 Å². The van der Waals surface area contributed by atoms with E-state index in [-0.39, 0.29) is 17.0 Å². The molecule has 0 saturated heterocycles. The molecule has 0 spiro atoms. The van der Waals surface area contributed by atoms with E-state index >= 15 is 0 Å². The molecule has 3 rings (SSSR count). The summed E-state index contributed by atoms with van der Waals surface area (Å²) in [6.45, 7) is 4.12. The van der Waals surface area contributed by atoms with Gasteiger partial charge in [-0.25, -0.2) is 8.42 Å². The molecule has 2 aromatic heterocycles. The van der Waals surface area contributed by atoms with Crippen LogP contribution in [-0.2, 0) is 9.84 Å². The van der Waals surface area contributed by atoms with E-state index in [1.165, 1.54) is 12.5 Å². The lowest BCUT2D eigenvalue weighted by molar-refractivity contribution is 0.601. The molecule has 3 heterocycles. The summed E-state index contributed by atoms with van der Waals surface area (Å²) in [6.07, 6.45) is 5.86. The van der Waals surface area contributed by atoms with E-state index in [0.29, 0.717) is 0 Å². The molecule has 2 unspecified atom stereocenters. The fraction of sp³-hybridized carbons (Fsp3) is 0.312. The summed E-state index contributed by atoms with van der Waals surface area (Å²) in [5.41, 5.74) is 2.32. The molecule has 120 valence electrons. The summed E-state index contributed by atoms with van der Waals surface area (Å²) in [7, 11) is -3.29. The van der Waals surface area contributed by atoms with E-state index in [0.717, 1.165) is 22.7 Å². The van der Waals surface area contributed by atoms with Gasteiger partial charge in [0, 0.05) is 36.5 Å². The van der Waals surface area contributed by atoms with Crippen molar-refractivity contribution in [3.63, 3.8) is 0 Å². The van der Waals surface area contributed by atoms with Gasteiger partial charge in [-0.3, -0.25) is 15.0 Å². The van der Waals surface area contributed by atoms with Gasteiger partial charge in [0.25, 0.3) is 0 Å². The Bertz CT molecular complexity index is 877. The maximum Gasteiger partial charge on any atom is 0.177 e. The fourth-order valence-electron chi connectivity index (χ4n) is 2.35. The minimum atomic E-state index is -3.29. The predicted molar refractivity (Wildman–Crippen MR) is 89.2 cm³/mol. The number of hydrogen-bond acceptors (Lipinski definition) is 6. The first-order valence-electron chi connectivity index (χ1n) is 7.31. The van der Waals surface area contributed by atoms with Crippen LogP contribution in [0, 0.1) is 0 Å². The van der Waals surface area contributed by atoms with Crippen molar-refractivity contribution in [2.45, 2.75) is 30.8 Å². The Hall–Kier alpha value is -2.28.